The van der Waals surface area contributed by atoms with E-state index in [-0.39, 0.29) is 6.42 Å². The van der Waals surface area contributed by atoms with Crippen molar-refractivity contribution in [3.05, 3.63) is 17.5 Å². The highest BCUT2D eigenvalue weighted by atomic mass is 16.4. The number of rotatable bonds is 4. The van der Waals surface area contributed by atoms with Crippen LogP contribution in [0.4, 0.5) is 0 Å². The summed E-state index contributed by atoms with van der Waals surface area (Å²) in [5.74, 6) is -0.831. The van der Waals surface area contributed by atoms with E-state index in [1.54, 1.807) is 13.2 Å². The molecule has 0 aromatic carbocycles. The van der Waals surface area contributed by atoms with Gasteiger partial charge >= 0.3 is 5.97 Å². The summed E-state index contributed by atoms with van der Waals surface area (Å²) in [6.45, 7) is 3.72. The zero-order valence-corrected chi connectivity index (χ0v) is 8.59. The fourth-order valence-electron chi connectivity index (χ4n) is 1.53. The standard InChI is InChI=1S/C9H15N3O2/c1-6-7(5-11-12-6)9(2,10-3)4-8(13)14/h5,10H,4H2,1-3H3,(H,11,12)(H,13,14). The van der Waals surface area contributed by atoms with Gasteiger partial charge in [0.1, 0.15) is 0 Å². The van der Waals surface area contributed by atoms with Crippen LogP contribution in [0.25, 0.3) is 0 Å². The number of aryl methyl sites for hydroxylation is 1. The molecule has 0 aliphatic carbocycles. The first kappa shape index (κ1) is 10.7. The summed E-state index contributed by atoms with van der Waals surface area (Å²) in [6, 6.07) is 0. The highest BCUT2D eigenvalue weighted by Crippen LogP contribution is 2.25. The van der Waals surface area contributed by atoms with E-state index >= 15 is 0 Å². The van der Waals surface area contributed by atoms with Crippen molar-refractivity contribution in [1.82, 2.24) is 15.5 Å². The van der Waals surface area contributed by atoms with E-state index in [9.17, 15) is 4.79 Å². The van der Waals surface area contributed by atoms with E-state index in [1.165, 1.54) is 0 Å². The Hall–Kier alpha value is -1.36. The number of aliphatic carboxylic acids is 1. The van der Waals surface area contributed by atoms with Gasteiger partial charge < -0.3 is 10.4 Å². The van der Waals surface area contributed by atoms with Crippen molar-refractivity contribution in [2.75, 3.05) is 7.05 Å². The zero-order chi connectivity index (χ0) is 10.8. The second-order valence-electron chi connectivity index (χ2n) is 3.56. The summed E-state index contributed by atoms with van der Waals surface area (Å²) < 4.78 is 0. The molecule has 14 heavy (non-hydrogen) atoms. The molecular weight excluding hydrogens is 182 g/mol. The van der Waals surface area contributed by atoms with E-state index in [0.29, 0.717) is 0 Å². The normalized spacial score (nSPS) is 15.1. The topological polar surface area (TPSA) is 78.0 Å². The lowest BCUT2D eigenvalue weighted by molar-refractivity contribution is -0.138. The van der Waals surface area contributed by atoms with E-state index < -0.39 is 11.5 Å². The molecule has 5 heteroatoms. The first-order valence-corrected chi connectivity index (χ1v) is 4.41. The molecule has 0 spiro atoms. The largest absolute Gasteiger partial charge is 0.481 e. The Morgan fingerprint density at radius 1 is 1.79 bits per heavy atom. The predicted molar refractivity (Wildman–Crippen MR) is 52.0 cm³/mol. The van der Waals surface area contributed by atoms with Crippen LogP contribution in [-0.4, -0.2) is 28.3 Å². The third-order valence-corrected chi connectivity index (χ3v) is 2.48. The van der Waals surface area contributed by atoms with Gasteiger partial charge in [0.25, 0.3) is 0 Å². The summed E-state index contributed by atoms with van der Waals surface area (Å²) in [6.07, 6.45) is 1.69. The van der Waals surface area contributed by atoms with E-state index in [4.69, 9.17) is 5.11 Å². The molecule has 0 aliphatic heterocycles. The molecule has 0 fully saturated rings. The Morgan fingerprint density at radius 2 is 2.43 bits per heavy atom. The van der Waals surface area contributed by atoms with Gasteiger partial charge in [0, 0.05) is 11.3 Å². The second kappa shape index (κ2) is 3.79. The number of carbonyl (C=O) groups is 1. The molecule has 1 heterocycles. The second-order valence-corrected chi connectivity index (χ2v) is 3.56. The number of aromatic amines is 1. The van der Waals surface area contributed by atoms with Crippen molar-refractivity contribution < 1.29 is 9.90 Å². The van der Waals surface area contributed by atoms with Gasteiger partial charge in [-0.2, -0.15) is 5.10 Å². The molecule has 1 aromatic heterocycles. The number of carboxylic acid groups (broad SMARTS) is 1. The minimum absolute atomic E-state index is 0.0316. The molecule has 3 N–H and O–H groups in total. The summed E-state index contributed by atoms with van der Waals surface area (Å²) in [5.41, 5.74) is 1.22. The molecule has 1 unspecified atom stereocenters. The highest BCUT2D eigenvalue weighted by molar-refractivity contribution is 5.68. The molecule has 5 nitrogen and oxygen atoms in total. The predicted octanol–water partition coefficient (Wildman–Crippen LogP) is 0.627. The van der Waals surface area contributed by atoms with E-state index in [2.05, 4.69) is 15.5 Å². The minimum Gasteiger partial charge on any atom is -0.481 e. The van der Waals surface area contributed by atoms with Gasteiger partial charge in [-0.25, -0.2) is 0 Å². The van der Waals surface area contributed by atoms with Crippen molar-refractivity contribution in [2.24, 2.45) is 0 Å². The first-order chi connectivity index (χ1) is 6.49. The number of hydrogen-bond acceptors (Lipinski definition) is 3. The lowest BCUT2D eigenvalue weighted by atomic mass is 9.89. The summed E-state index contributed by atoms with van der Waals surface area (Å²) in [4.78, 5) is 10.7. The average Bonchev–Trinajstić information content (AvgIpc) is 2.50. The zero-order valence-electron chi connectivity index (χ0n) is 8.59. The number of H-pyrrole nitrogens is 1. The molecule has 78 valence electrons. The van der Waals surface area contributed by atoms with E-state index in [0.717, 1.165) is 11.3 Å². The van der Waals surface area contributed by atoms with Gasteiger partial charge in [-0.3, -0.25) is 9.89 Å². The Balaban J connectivity index is 3.01. The van der Waals surface area contributed by atoms with Crippen LogP contribution in [0.1, 0.15) is 24.6 Å². The Labute approximate surface area is 82.5 Å². The third-order valence-electron chi connectivity index (χ3n) is 2.48. The molecule has 0 bridgehead atoms. The summed E-state index contributed by atoms with van der Waals surface area (Å²) in [7, 11) is 1.75. The Bertz CT molecular complexity index is 335. The lowest BCUT2D eigenvalue weighted by Gasteiger charge is -2.27. The maximum absolute atomic E-state index is 10.7. The van der Waals surface area contributed by atoms with Crippen LogP contribution in [0.5, 0.6) is 0 Å². The SMILES string of the molecule is CNC(C)(CC(=O)O)c1cn[nH]c1C. The lowest BCUT2D eigenvalue weighted by Crippen LogP contribution is -2.39. The number of nitrogens with one attached hydrogen (secondary N) is 2. The van der Waals surface area contributed by atoms with Gasteiger partial charge in [-0.1, -0.05) is 0 Å². The smallest absolute Gasteiger partial charge is 0.305 e. The van der Waals surface area contributed by atoms with Crippen LogP contribution in [0.3, 0.4) is 0 Å². The van der Waals surface area contributed by atoms with Crippen LogP contribution >= 0.6 is 0 Å². The maximum atomic E-state index is 10.7. The molecule has 0 saturated carbocycles. The molecule has 1 atom stereocenters. The van der Waals surface area contributed by atoms with Gasteiger partial charge in [0.2, 0.25) is 0 Å². The highest BCUT2D eigenvalue weighted by Gasteiger charge is 2.30. The first-order valence-electron chi connectivity index (χ1n) is 4.41. The molecular formula is C9H15N3O2. The Morgan fingerprint density at radius 3 is 2.79 bits per heavy atom. The molecule has 0 radical (unpaired) electrons. The van der Waals surface area contributed by atoms with Gasteiger partial charge in [0.05, 0.1) is 18.2 Å². The maximum Gasteiger partial charge on any atom is 0.305 e. The van der Waals surface area contributed by atoms with Crippen molar-refractivity contribution in [1.29, 1.82) is 0 Å². The van der Waals surface area contributed by atoms with Crippen molar-refractivity contribution in [3.63, 3.8) is 0 Å². The molecule has 0 amide bonds. The molecule has 0 aliphatic rings. The fourth-order valence-corrected chi connectivity index (χ4v) is 1.53. The van der Waals surface area contributed by atoms with E-state index in [1.807, 2.05) is 13.8 Å². The average molecular weight is 197 g/mol. The van der Waals surface area contributed by atoms with Crippen LogP contribution in [0.15, 0.2) is 6.20 Å². The van der Waals surface area contributed by atoms with Gasteiger partial charge in [0.15, 0.2) is 0 Å². The van der Waals surface area contributed by atoms with Crippen molar-refractivity contribution >= 4 is 5.97 Å². The number of aromatic nitrogens is 2. The molecule has 1 rings (SSSR count). The van der Waals surface area contributed by atoms with Crippen LogP contribution in [0.2, 0.25) is 0 Å². The van der Waals surface area contributed by atoms with Crippen molar-refractivity contribution in [3.8, 4) is 0 Å². The summed E-state index contributed by atoms with van der Waals surface area (Å²) >= 11 is 0. The Kier molecular flexibility index (Phi) is 2.90. The minimum atomic E-state index is -0.831. The van der Waals surface area contributed by atoms with Gasteiger partial charge in [-0.15, -0.1) is 0 Å². The number of carboxylic acids is 1. The molecule has 0 saturated heterocycles. The van der Waals surface area contributed by atoms with Gasteiger partial charge in [-0.05, 0) is 20.9 Å². The fraction of sp³-hybridized carbons (Fsp3) is 0.556. The molecule has 1 aromatic rings. The third kappa shape index (κ3) is 1.93. The van der Waals surface area contributed by atoms with Crippen LogP contribution in [-0.2, 0) is 10.3 Å². The monoisotopic (exact) mass is 197 g/mol. The number of nitrogens with zero attached hydrogens (tertiary/aromatic N) is 1. The van der Waals surface area contributed by atoms with Crippen LogP contribution in [0, 0.1) is 6.92 Å². The quantitative estimate of drug-likeness (QED) is 0.661. The van der Waals surface area contributed by atoms with Crippen LogP contribution < -0.4 is 5.32 Å². The summed E-state index contributed by atoms with van der Waals surface area (Å²) in [5, 5.41) is 18.5. The van der Waals surface area contributed by atoms with Crippen molar-refractivity contribution in [2.45, 2.75) is 25.8 Å². The number of hydrogen-bond donors (Lipinski definition) is 3.